The maximum Gasteiger partial charge on any atom is 0.0597 e. The summed E-state index contributed by atoms with van der Waals surface area (Å²) in [6.07, 6.45) is 5.52. The van der Waals surface area contributed by atoms with Crippen LogP contribution >= 0.6 is 0 Å². The van der Waals surface area contributed by atoms with Crippen LogP contribution in [0.25, 0.3) is 0 Å². The molecule has 1 aromatic rings. The summed E-state index contributed by atoms with van der Waals surface area (Å²) in [6.45, 7) is 4.72. The number of nitrogens with zero attached hydrogens (tertiary/aromatic N) is 2. The van der Waals surface area contributed by atoms with Gasteiger partial charge in [0.15, 0.2) is 0 Å². The maximum atomic E-state index is 6.00. The molecule has 0 saturated carbocycles. The first kappa shape index (κ1) is 13.2. The second-order valence-electron chi connectivity index (χ2n) is 5.24. The molecule has 0 aliphatic carbocycles. The summed E-state index contributed by atoms with van der Waals surface area (Å²) >= 11 is 0. The molecule has 1 fully saturated rings. The Morgan fingerprint density at radius 3 is 2.44 bits per heavy atom. The molecule has 1 aliphatic rings. The van der Waals surface area contributed by atoms with E-state index in [4.69, 9.17) is 5.73 Å². The minimum Gasteiger partial charge on any atom is -0.397 e. The number of likely N-dealkylation sites (tertiary alicyclic amines) is 1. The van der Waals surface area contributed by atoms with Crippen molar-refractivity contribution in [3.63, 3.8) is 0 Å². The van der Waals surface area contributed by atoms with Crippen molar-refractivity contribution in [3.05, 3.63) is 24.3 Å². The van der Waals surface area contributed by atoms with Crippen molar-refractivity contribution in [2.24, 2.45) is 0 Å². The van der Waals surface area contributed by atoms with E-state index in [1.807, 2.05) is 18.2 Å². The smallest absolute Gasteiger partial charge is 0.0597 e. The van der Waals surface area contributed by atoms with Crippen LogP contribution in [0.15, 0.2) is 24.3 Å². The van der Waals surface area contributed by atoms with Gasteiger partial charge < -0.3 is 15.5 Å². The number of rotatable bonds is 4. The molecule has 0 bridgehead atoms. The van der Waals surface area contributed by atoms with Gasteiger partial charge in [-0.3, -0.25) is 0 Å². The van der Waals surface area contributed by atoms with Gasteiger partial charge in [-0.1, -0.05) is 25.0 Å². The van der Waals surface area contributed by atoms with Crippen molar-refractivity contribution in [1.29, 1.82) is 0 Å². The number of para-hydroxylation sites is 2. The molecule has 2 N–H and O–H groups in total. The third-order valence-corrected chi connectivity index (χ3v) is 3.80. The molecular weight excluding hydrogens is 222 g/mol. The van der Waals surface area contributed by atoms with E-state index in [-0.39, 0.29) is 0 Å². The Kier molecular flexibility index (Phi) is 4.88. The van der Waals surface area contributed by atoms with Crippen LogP contribution in [0, 0.1) is 0 Å². The Bertz CT molecular complexity index is 357. The van der Waals surface area contributed by atoms with Crippen LogP contribution in [0.3, 0.4) is 0 Å². The summed E-state index contributed by atoms with van der Waals surface area (Å²) < 4.78 is 0. The predicted molar refractivity (Wildman–Crippen MR) is 79.0 cm³/mol. The zero-order valence-corrected chi connectivity index (χ0v) is 11.4. The van der Waals surface area contributed by atoms with Crippen molar-refractivity contribution >= 4 is 11.4 Å². The number of likely N-dealkylation sites (N-methyl/N-ethyl adjacent to an activating group) is 1. The highest BCUT2D eigenvalue weighted by Gasteiger charge is 2.10. The van der Waals surface area contributed by atoms with Gasteiger partial charge in [0.1, 0.15) is 0 Å². The second-order valence-corrected chi connectivity index (χ2v) is 5.24. The van der Waals surface area contributed by atoms with E-state index >= 15 is 0 Å². The second kappa shape index (κ2) is 6.64. The van der Waals surface area contributed by atoms with Gasteiger partial charge in [0.05, 0.1) is 11.4 Å². The highest BCUT2D eigenvalue weighted by molar-refractivity contribution is 5.66. The average Bonchev–Trinajstić information content (AvgIpc) is 2.65. The van der Waals surface area contributed by atoms with E-state index in [1.165, 1.54) is 38.8 Å². The van der Waals surface area contributed by atoms with Crippen LogP contribution in [0.1, 0.15) is 25.7 Å². The minimum atomic E-state index is 0.871. The van der Waals surface area contributed by atoms with Crippen molar-refractivity contribution in [2.75, 3.05) is 43.9 Å². The van der Waals surface area contributed by atoms with E-state index in [2.05, 4.69) is 22.9 Å². The van der Waals surface area contributed by atoms with Crippen molar-refractivity contribution in [1.82, 2.24) is 4.90 Å². The average molecular weight is 247 g/mol. The summed E-state index contributed by atoms with van der Waals surface area (Å²) in [4.78, 5) is 4.85. The quantitative estimate of drug-likeness (QED) is 0.830. The van der Waals surface area contributed by atoms with Crippen LogP contribution in [0.4, 0.5) is 11.4 Å². The van der Waals surface area contributed by atoms with E-state index in [0.717, 1.165) is 24.5 Å². The van der Waals surface area contributed by atoms with Crippen LogP contribution < -0.4 is 10.6 Å². The SMILES string of the molecule is CN(CCN1CCCCCC1)c1ccccc1N. The summed E-state index contributed by atoms with van der Waals surface area (Å²) in [5.74, 6) is 0. The number of benzene rings is 1. The summed E-state index contributed by atoms with van der Waals surface area (Å²) in [6, 6.07) is 8.10. The fourth-order valence-electron chi connectivity index (χ4n) is 2.61. The lowest BCUT2D eigenvalue weighted by molar-refractivity contribution is 0.292. The molecular formula is C15H25N3. The molecule has 0 radical (unpaired) electrons. The lowest BCUT2D eigenvalue weighted by atomic mass is 10.2. The number of nitrogen functional groups attached to an aromatic ring is 1. The van der Waals surface area contributed by atoms with Crippen LogP contribution in [-0.4, -0.2) is 38.1 Å². The predicted octanol–water partition coefficient (Wildman–Crippen LogP) is 2.58. The van der Waals surface area contributed by atoms with Gasteiger partial charge in [-0.25, -0.2) is 0 Å². The third kappa shape index (κ3) is 3.64. The number of anilines is 2. The van der Waals surface area contributed by atoms with Crippen molar-refractivity contribution in [3.8, 4) is 0 Å². The number of nitrogens with two attached hydrogens (primary N) is 1. The molecule has 3 heteroatoms. The van der Waals surface area contributed by atoms with Crippen molar-refractivity contribution < 1.29 is 0 Å². The van der Waals surface area contributed by atoms with Gasteiger partial charge in [-0.05, 0) is 38.1 Å². The van der Waals surface area contributed by atoms with E-state index in [1.54, 1.807) is 0 Å². The Hall–Kier alpha value is -1.22. The van der Waals surface area contributed by atoms with Gasteiger partial charge in [0.2, 0.25) is 0 Å². The van der Waals surface area contributed by atoms with Gasteiger partial charge in [0, 0.05) is 20.1 Å². The highest BCUT2D eigenvalue weighted by Crippen LogP contribution is 2.20. The van der Waals surface area contributed by atoms with E-state index < -0.39 is 0 Å². The van der Waals surface area contributed by atoms with Crippen LogP contribution in [0.2, 0.25) is 0 Å². The minimum absolute atomic E-state index is 0.871. The maximum absolute atomic E-state index is 6.00. The van der Waals surface area contributed by atoms with Gasteiger partial charge in [0.25, 0.3) is 0 Å². The Labute approximate surface area is 111 Å². The molecule has 2 rings (SSSR count). The first-order valence-corrected chi connectivity index (χ1v) is 7.05. The molecule has 1 aromatic carbocycles. The molecule has 100 valence electrons. The zero-order valence-electron chi connectivity index (χ0n) is 11.4. The molecule has 1 saturated heterocycles. The van der Waals surface area contributed by atoms with Gasteiger partial charge in [-0.2, -0.15) is 0 Å². The van der Waals surface area contributed by atoms with Gasteiger partial charge >= 0.3 is 0 Å². The Morgan fingerprint density at radius 2 is 1.78 bits per heavy atom. The van der Waals surface area contributed by atoms with Gasteiger partial charge in [-0.15, -0.1) is 0 Å². The monoisotopic (exact) mass is 247 g/mol. The molecule has 0 unspecified atom stereocenters. The fraction of sp³-hybridized carbons (Fsp3) is 0.600. The summed E-state index contributed by atoms with van der Waals surface area (Å²) in [7, 11) is 2.13. The van der Waals surface area contributed by atoms with Crippen LogP contribution in [0.5, 0.6) is 0 Å². The van der Waals surface area contributed by atoms with E-state index in [9.17, 15) is 0 Å². The van der Waals surface area contributed by atoms with Crippen molar-refractivity contribution in [2.45, 2.75) is 25.7 Å². The lowest BCUT2D eigenvalue weighted by Crippen LogP contribution is -2.34. The molecule has 0 atom stereocenters. The number of hydrogen-bond acceptors (Lipinski definition) is 3. The molecule has 0 spiro atoms. The number of hydrogen-bond donors (Lipinski definition) is 1. The molecule has 1 aliphatic heterocycles. The Balaban J connectivity index is 1.84. The Morgan fingerprint density at radius 1 is 1.11 bits per heavy atom. The third-order valence-electron chi connectivity index (χ3n) is 3.80. The van der Waals surface area contributed by atoms with Crippen LogP contribution in [-0.2, 0) is 0 Å². The summed E-state index contributed by atoms with van der Waals surface area (Å²) in [5.41, 5.74) is 8.02. The lowest BCUT2D eigenvalue weighted by Gasteiger charge is -2.26. The zero-order chi connectivity index (χ0) is 12.8. The molecule has 18 heavy (non-hydrogen) atoms. The molecule has 0 aromatic heterocycles. The first-order valence-electron chi connectivity index (χ1n) is 7.05. The standard InChI is InChI=1S/C15H25N3/c1-17(15-9-5-4-8-14(15)16)12-13-18-10-6-2-3-7-11-18/h4-5,8-9H,2-3,6-7,10-13,16H2,1H3. The molecule has 3 nitrogen and oxygen atoms in total. The largest absolute Gasteiger partial charge is 0.397 e. The first-order chi connectivity index (χ1) is 8.77. The normalized spacial score (nSPS) is 17.4. The summed E-state index contributed by atoms with van der Waals surface area (Å²) in [5, 5.41) is 0. The topological polar surface area (TPSA) is 32.5 Å². The molecule has 0 amide bonds. The highest BCUT2D eigenvalue weighted by atomic mass is 15.2. The fourth-order valence-corrected chi connectivity index (χ4v) is 2.61. The van der Waals surface area contributed by atoms with E-state index in [0.29, 0.717) is 0 Å². The molecule has 1 heterocycles.